The minimum absolute atomic E-state index is 0.000172. The lowest BCUT2D eigenvalue weighted by Gasteiger charge is -2.25. The van der Waals surface area contributed by atoms with Crippen LogP contribution in [0.25, 0.3) is 5.57 Å². The van der Waals surface area contributed by atoms with Crippen LogP contribution in [0, 0.1) is 0 Å². The van der Waals surface area contributed by atoms with Gasteiger partial charge in [0, 0.05) is 24.8 Å². The molecule has 0 bridgehead atoms. The quantitative estimate of drug-likeness (QED) is 0.917. The van der Waals surface area contributed by atoms with Gasteiger partial charge in [-0.2, -0.15) is 0 Å². The van der Waals surface area contributed by atoms with Crippen molar-refractivity contribution < 1.29 is 9.53 Å². The SMILES string of the molecule is COc1cccc(NC(=O)CN2CC=C(c3ccccc3)CC2)c1. The van der Waals surface area contributed by atoms with Gasteiger partial charge in [0.2, 0.25) is 5.91 Å². The molecule has 0 saturated carbocycles. The third-order valence-electron chi connectivity index (χ3n) is 4.16. The van der Waals surface area contributed by atoms with Gasteiger partial charge in [-0.3, -0.25) is 9.69 Å². The van der Waals surface area contributed by atoms with Crippen molar-refractivity contribution in [3.8, 4) is 5.75 Å². The Labute approximate surface area is 142 Å². The zero-order valence-electron chi connectivity index (χ0n) is 13.9. The number of carbonyl (C=O) groups excluding carboxylic acids is 1. The van der Waals surface area contributed by atoms with E-state index in [0.29, 0.717) is 6.54 Å². The Kier molecular flexibility index (Phi) is 5.29. The Bertz CT molecular complexity index is 725. The lowest BCUT2D eigenvalue weighted by Crippen LogP contribution is -2.36. The molecule has 0 fully saturated rings. The van der Waals surface area contributed by atoms with Crippen LogP contribution in [0.15, 0.2) is 60.7 Å². The highest BCUT2D eigenvalue weighted by molar-refractivity contribution is 5.92. The first-order chi connectivity index (χ1) is 11.7. The molecular weight excluding hydrogens is 300 g/mol. The molecular formula is C20H22N2O2. The van der Waals surface area contributed by atoms with Crippen LogP contribution in [0.3, 0.4) is 0 Å². The lowest BCUT2D eigenvalue weighted by molar-refractivity contribution is -0.117. The molecule has 4 nitrogen and oxygen atoms in total. The number of carbonyl (C=O) groups is 1. The molecule has 24 heavy (non-hydrogen) atoms. The highest BCUT2D eigenvalue weighted by Crippen LogP contribution is 2.22. The summed E-state index contributed by atoms with van der Waals surface area (Å²) in [5, 5.41) is 2.93. The number of hydrogen-bond donors (Lipinski definition) is 1. The minimum atomic E-state index is -0.000172. The molecule has 4 heteroatoms. The molecule has 3 rings (SSSR count). The lowest BCUT2D eigenvalue weighted by atomic mass is 10.00. The summed E-state index contributed by atoms with van der Waals surface area (Å²) in [4.78, 5) is 14.4. The van der Waals surface area contributed by atoms with Crippen molar-refractivity contribution in [2.24, 2.45) is 0 Å². The number of rotatable bonds is 5. The fraction of sp³-hybridized carbons (Fsp3) is 0.250. The second-order valence-corrected chi connectivity index (χ2v) is 5.86. The van der Waals surface area contributed by atoms with Crippen LogP contribution in [-0.2, 0) is 4.79 Å². The first-order valence-electron chi connectivity index (χ1n) is 8.15. The van der Waals surface area contributed by atoms with Gasteiger partial charge in [0.1, 0.15) is 5.75 Å². The number of amides is 1. The highest BCUT2D eigenvalue weighted by atomic mass is 16.5. The van der Waals surface area contributed by atoms with Crippen LogP contribution in [0.5, 0.6) is 5.75 Å². The number of benzene rings is 2. The third kappa shape index (κ3) is 4.24. The maximum Gasteiger partial charge on any atom is 0.238 e. The van der Waals surface area contributed by atoms with Gasteiger partial charge >= 0.3 is 0 Å². The van der Waals surface area contributed by atoms with Gasteiger partial charge in [-0.15, -0.1) is 0 Å². The molecule has 1 amide bonds. The zero-order chi connectivity index (χ0) is 16.8. The smallest absolute Gasteiger partial charge is 0.238 e. The van der Waals surface area contributed by atoms with Gasteiger partial charge in [0.25, 0.3) is 0 Å². The number of methoxy groups -OCH3 is 1. The Morgan fingerprint density at radius 2 is 2.00 bits per heavy atom. The first kappa shape index (κ1) is 16.3. The summed E-state index contributed by atoms with van der Waals surface area (Å²) in [6, 6.07) is 17.8. The molecule has 1 heterocycles. The zero-order valence-corrected chi connectivity index (χ0v) is 13.9. The summed E-state index contributed by atoms with van der Waals surface area (Å²) in [6.07, 6.45) is 3.19. The van der Waals surface area contributed by atoms with E-state index in [1.807, 2.05) is 30.3 Å². The molecule has 124 valence electrons. The molecule has 0 radical (unpaired) electrons. The van der Waals surface area contributed by atoms with Crippen molar-refractivity contribution >= 4 is 17.2 Å². The number of ether oxygens (including phenoxy) is 1. The van der Waals surface area contributed by atoms with E-state index in [0.717, 1.165) is 30.9 Å². The molecule has 2 aromatic rings. The topological polar surface area (TPSA) is 41.6 Å². The van der Waals surface area contributed by atoms with Gasteiger partial charge in [-0.25, -0.2) is 0 Å². The summed E-state index contributed by atoms with van der Waals surface area (Å²) in [5.74, 6) is 0.737. The van der Waals surface area contributed by atoms with E-state index in [4.69, 9.17) is 4.74 Å². The van der Waals surface area contributed by atoms with Crippen molar-refractivity contribution in [3.63, 3.8) is 0 Å². The third-order valence-corrected chi connectivity index (χ3v) is 4.16. The summed E-state index contributed by atoms with van der Waals surface area (Å²) in [7, 11) is 1.62. The van der Waals surface area contributed by atoms with Crippen LogP contribution in [0.1, 0.15) is 12.0 Å². The predicted molar refractivity (Wildman–Crippen MR) is 97.1 cm³/mol. The molecule has 0 aliphatic carbocycles. The fourth-order valence-corrected chi connectivity index (χ4v) is 2.87. The summed E-state index contributed by atoms with van der Waals surface area (Å²) in [5.41, 5.74) is 3.40. The summed E-state index contributed by atoms with van der Waals surface area (Å²) < 4.78 is 5.17. The second-order valence-electron chi connectivity index (χ2n) is 5.86. The standard InChI is InChI=1S/C20H22N2O2/c1-24-19-9-5-8-18(14-19)21-20(23)15-22-12-10-17(11-13-22)16-6-3-2-4-7-16/h2-10,14H,11-13,15H2,1H3,(H,21,23). The van der Waals surface area contributed by atoms with Crippen molar-refractivity contribution in [2.45, 2.75) is 6.42 Å². The first-order valence-corrected chi connectivity index (χ1v) is 8.15. The maximum atomic E-state index is 12.2. The average Bonchev–Trinajstić information content (AvgIpc) is 2.63. The van der Waals surface area contributed by atoms with Crippen molar-refractivity contribution in [1.29, 1.82) is 0 Å². The molecule has 0 unspecified atom stereocenters. The van der Waals surface area contributed by atoms with Crippen LogP contribution < -0.4 is 10.1 Å². The van der Waals surface area contributed by atoms with E-state index in [9.17, 15) is 4.79 Å². The number of nitrogens with one attached hydrogen (secondary N) is 1. The largest absolute Gasteiger partial charge is 0.497 e. The Balaban J connectivity index is 1.54. The van der Waals surface area contributed by atoms with E-state index in [1.165, 1.54) is 11.1 Å². The van der Waals surface area contributed by atoms with Gasteiger partial charge in [-0.1, -0.05) is 42.5 Å². The number of anilines is 1. The van der Waals surface area contributed by atoms with Crippen molar-refractivity contribution in [1.82, 2.24) is 4.90 Å². The Morgan fingerprint density at radius 3 is 2.71 bits per heavy atom. The highest BCUT2D eigenvalue weighted by Gasteiger charge is 2.15. The molecule has 0 saturated heterocycles. The molecule has 1 aliphatic heterocycles. The van der Waals surface area contributed by atoms with E-state index >= 15 is 0 Å². The molecule has 1 aliphatic rings. The fourth-order valence-electron chi connectivity index (χ4n) is 2.87. The number of nitrogens with zero attached hydrogens (tertiary/aromatic N) is 1. The van der Waals surface area contributed by atoms with Gasteiger partial charge in [0.15, 0.2) is 0 Å². The second kappa shape index (κ2) is 7.79. The van der Waals surface area contributed by atoms with Crippen molar-refractivity contribution in [3.05, 3.63) is 66.2 Å². The van der Waals surface area contributed by atoms with Crippen LogP contribution in [-0.4, -0.2) is 37.6 Å². The Hall–Kier alpha value is -2.59. The normalized spacial score (nSPS) is 14.8. The van der Waals surface area contributed by atoms with Gasteiger partial charge < -0.3 is 10.1 Å². The maximum absolute atomic E-state index is 12.2. The van der Waals surface area contributed by atoms with E-state index in [1.54, 1.807) is 7.11 Å². The molecule has 2 aromatic carbocycles. The van der Waals surface area contributed by atoms with E-state index in [2.05, 4.69) is 40.6 Å². The minimum Gasteiger partial charge on any atom is -0.497 e. The van der Waals surface area contributed by atoms with Crippen LogP contribution >= 0.6 is 0 Å². The summed E-state index contributed by atoms with van der Waals surface area (Å²) in [6.45, 7) is 2.10. The molecule has 1 N–H and O–H groups in total. The Morgan fingerprint density at radius 1 is 1.17 bits per heavy atom. The average molecular weight is 322 g/mol. The molecule has 0 spiro atoms. The van der Waals surface area contributed by atoms with E-state index < -0.39 is 0 Å². The monoisotopic (exact) mass is 322 g/mol. The van der Waals surface area contributed by atoms with Gasteiger partial charge in [0.05, 0.1) is 13.7 Å². The molecule has 0 atom stereocenters. The number of hydrogen-bond acceptors (Lipinski definition) is 3. The molecule has 0 aromatic heterocycles. The van der Waals surface area contributed by atoms with Crippen LogP contribution in [0.2, 0.25) is 0 Å². The van der Waals surface area contributed by atoms with Gasteiger partial charge in [-0.05, 0) is 29.7 Å². The van der Waals surface area contributed by atoms with E-state index in [-0.39, 0.29) is 5.91 Å². The predicted octanol–water partition coefficient (Wildman–Crippen LogP) is 3.42. The van der Waals surface area contributed by atoms with Crippen LogP contribution in [0.4, 0.5) is 5.69 Å². The van der Waals surface area contributed by atoms with Crippen molar-refractivity contribution in [2.75, 3.05) is 32.1 Å². The summed E-state index contributed by atoms with van der Waals surface area (Å²) >= 11 is 0.